The molecular formula is C17H20ClN5O. The average molecular weight is 346 g/mol. The Hall–Kier alpha value is -2.05. The van der Waals surface area contributed by atoms with Gasteiger partial charge in [0.05, 0.1) is 5.02 Å². The van der Waals surface area contributed by atoms with E-state index in [2.05, 4.69) is 20.3 Å². The highest BCUT2D eigenvalue weighted by molar-refractivity contribution is 6.30. The second-order valence-electron chi connectivity index (χ2n) is 5.88. The third-order valence-corrected chi connectivity index (χ3v) is 4.38. The molecule has 3 heterocycles. The molecule has 0 aliphatic carbocycles. The van der Waals surface area contributed by atoms with Gasteiger partial charge >= 0.3 is 0 Å². The van der Waals surface area contributed by atoms with Gasteiger partial charge in [-0.3, -0.25) is 4.79 Å². The molecule has 1 fully saturated rings. The number of amides is 1. The molecule has 2 aromatic rings. The van der Waals surface area contributed by atoms with E-state index >= 15 is 0 Å². The summed E-state index contributed by atoms with van der Waals surface area (Å²) in [6.07, 6.45) is 9.44. The Bertz CT molecular complexity index is 656. The molecule has 1 atom stereocenters. The lowest BCUT2D eigenvalue weighted by Gasteiger charge is -2.31. The number of halogens is 1. The Morgan fingerprint density at radius 1 is 1.21 bits per heavy atom. The highest BCUT2D eigenvalue weighted by Gasteiger charge is 2.26. The second-order valence-corrected chi connectivity index (χ2v) is 6.31. The van der Waals surface area contributed by atoms with Crippen LogP contribution in [-0.4, -0.2) is 44.9 Å². The number of hydrogen-bond acceptors (Lipinski definition) is 5. The predicted molar refractivity (Wildman–Crippen MR) is 91.7 cm³/mol. The van der Waals surface area contributed by atoms with Crippen LogP contribution in [0.3, 0.4) is 0 Å². The van der Waals surface area contributed by atoms with E-state index in [0.29, 0.717) is 17.3 Å². The van der Waals surface area contributed by atoms with Gasteiger partial charge in [0, 0.05) is 36.7 Å². The molecule has 0 aromatic carbocycles. The fourth-order valence-corrected chi connectivity index (χ4v) is 3.05. The fourth-order valence-electron chi connectivity index (χ4n) is 2.94. The molecule has 7 heteroatoms. The maximum absolute atomic E-state index is 13.0. The maximum Gasteiger partial charge on any atom is 0.272 e. The van der Waals surface area contributed by atoms with Gasteiger partial charge in [-0.05, 0) is 44.5 Å². The second kappa shape index (κ2) is 8.17. The van der Waals surface area contributed by atoms with Crippen molar-refractivity contribution < 1.29 is 4.79 Å². The molecule has 0 radical (unpaired) electrons. The summed E-state index contributed by atoms with van der Waals surface area (Å²) in [5, 5.41) is 3.91. The van der Waals surface area contributed by atoms with Crippen LogP contribution in [0.5, 0.6) is 0 Å². The smallest absolute Gasteiger partial charge is 0.272 e. The fraction of sp³-hybridized carbons (Fsp3) is 0.412. The van der Waals surface area contributed by atoms with Crippen LogP contribution in [0.2, 0.25) is 5.02 Å². The van der Waals surface area contributed by atoms with Crippen LogP contribution in [0.25, 0.3) is 0 Å². The molecule has 1 amide bonds. The minimum atomic E-state index is -0.0811. The number of pyridine rings is 1. The molecule has 2 aromatic heterocycles. The summed E-state index contributed by atoms with van der Waals surface area (Å²) < 4.78 is 0. The Kier molecular flexibility index (Phi) is 5.72. The van der Waals surface area contributed by atoms with Crippen molar-refractivity contribution in [2.75, 3.05) is 13.1 Å². The first-order valence-electron chi connectivity index (χ1n) is 8.11. The number of carbonyl (C=O) groups is 1. The monoisotopic (exact) mass is 345 g/mol. The zero-order valence-corrected chi connectivity index (χ0v) is 14.1. The van der Waals surface area contributed by atoms with Gasteiger partial charge in [0.25, 0.3) is 5.91 Å². The van der Waals surface area contributed by atoms with E-state index < -0.39 is 0 Å². The molecule has 0 saturated carbocycles. The molecular weight excluding hydrogens is 326 g/mol. The topological polar surface area (TPSA) is 71.0 Å². The number of nitrogens with zero attached hydrogens (tertiary/aromatic N) is 4. The standard InChI is InChI=1S/C17H20ClN5O/c18-14-3-4-16(22-10-14)17(24)23(11-13-8-20-12-21-9-13)15-2-1-6-19-7-5-15/h3-4,8-10,12,15,19H,1-2,5-7,11H2/t15-/m1/s1. The van der Waals surface area contributed by atoms with E-state index in [1.807, 2.05) is 4.90 Å². The zero-order chi connectivity index (χ0) is 16.8. The Morgan fingerprint density at radius 3 is 2.79 bits per heavy atom. The molecule has 24 heavy (non-hydrogen) atoms. The van der Waals surface area contributed by atoms with Gasteiger partial charge in [0.2, 0.25) is 0 Å². The molecule has 0 spiro atoms. The molecule has 1 aliphatic heterocycles. The quantitative estimate of drug-likeness (QED) is 0.920. The molecule has 3 rings (SSSR count). The third kappa shape index (κ3) is 4.27. The summed E-state index contributed by atoms with van der Waals surface area (Å²) in [7, 11) is 0. The van der Waals surface area contributed by atoms with E-state index in [9.17, 15) is 4.79 Å². The van der Waals surface area contributed by atoms with E-state index in [1.54, 1.807) is 24.5 Å². The summed E-state index contributed by atoms with van der Waals surface area (Å²) in [6.45, 7) is 2.38. The van der Waals surface area contributed by atoms with Crippen LogP contribution in [0.15, 0.2) is 37.1 Å². The van der Waals surface area contributed by atoms with Crippen LogP contribution in [0, 0.1) is 0 Å². The molecule has 0 bridgehead atoms. The normalized spacial score (nSPS) is 18.0. The lowest BCUT2D eigenvalue weighted by Crippen LogP contribution is -2.40. The molecule has 6 nitrogen and oxygen atoms in total. The molecule has 1 N–H and O–H groups in total. The zero-order valence-electron chi connectivity index (χ0n) is 13.4. The summed E-state index contributed by atoms with van der Waals surface area (Å²) >= 11 is 5.88. The predicted octanol–water partition coefficient (Wildman–Crippen LogP) is 2.31. The van der Waals surface area contributed by atoms with Crippen LogP contribution in [0.4, 0.5) is 0 Å². The SMILES string of the molecule is O=C(c1ccc(Cl)cn1)N(Cc1cncnc1)[C@@H]1CCCNCC1. The number of hydrogen-bond donors (Lipinski definition) is 1. The van der Waals surface area contributed by atoms with Gasteiger partial charge in [-0.1, -0.05) is 11.6 Å². The summed E-state index contributed by atoms with van der Waals surface area (Å²) in [5.41, 5.74) is 1.32. The third-order valence-electron chi connectivity index (χ3n) is 4.16. The first kappa shape index (κ1) is 16.8. The van der Waals surface area contributed by atoms with Gasteiger partial charge in [-0.25, -0.2) is 15.0 Å². The molecule has 1 aliphatic rings. The van der Waals surface area contributed by atoms with Crippen molar-refractivity contribution in [1.29, 1.82) is 0 Å². The summed E-state index contributed by atoms with van der Waals surface area (Å²) in [5.74, 6) is -0.0811. The van der Waals surface area contributed by atoms with Gasteiger partial charge in [0.1, 0.15) is 12.0 Å². The maximum atomic E-state index is 13.0. The molecule has 1 saturated heterocycles. The highest BCUT2D eigenvalue weighted by atomic mass is 35.5. The van der Waals surface area contributed by atoms with E-state index in [-0.39, 0.29) is 11.9 Å². The first-order chi connectivity index (χ1) is 11.7. The van der Waals surface area contributed by atoms with E-state index in [1.165, 1.54) is 12.5 Å². The lowest BCUT2D eigenvalue weighted by molar-refractivity contribution is 0.0639. The van der Waals surface area contributed by atoms with Crippen molar-refractivity contribution in [3.8, 4) is 0 Å². The Morgan fingerprint density at radius 2 is 2.04 bits per heavy atom. The molecule has 0 unspecified atom stereocenters. The number of carbonyl (C=O) groups excluding carboxylic acids is 1. The molecule has 126 valence electrons. The summed E-state index contributed by atoms with van der Waals surface area (Å²) in [6, 6.07) is 3.54. The van der Waals surface area contributed by atoms with Crippen molar-refractivity contribution in [1.82, 2.24) is 25.2 Å². The van der Waals surface area contributed by atoms with Gasteiger partial charge in [-0.15, -0.1) is 0 Å². The van der Waals surface area contributed by atoms with Crippen molar-refractivity contribution >= 4 is 17.5 Å². The Balaban J connectivity index is 1.85. The number of rotatable bonds is 4. The van der Waals surface area contributed by atoms with E-state index in [4.69, 9.17) is 11.6 Å². The van der Waals surface area contributed by atoms with Crippen molar-refractivity contribution in [2.24, 2.45) is 0 Å². The van der Waals surface area contributed by atoms with Crippen LogP contribution in [0.1, 0.15) is 35.3 Å². The van der Waals surface area contributed by atoms with Gasteiger partial charge in [0.15, 0.2) is 0 Å². The van der Waals surface area contributed by atoms with Crippen LogP contribution >= 0.6 is 11.6 Å². The van der Waals surface area contributed by atoms with Gasteiger partial charge < -0.3 is 10.2 Å². The van der Waals surface area contributed by atoms with E-state index in [0.717, 1.165) is 37.9 Å². The highest BCUT2D eigenvalue weighted by Crippen LogP contribution is 2.19. The Labute approximate surface area is 146 Å². The average Bonchev–Trinajstić information content (AvgIpc) is 2.90. The lowest BCUT2D eigenvalue weighted by atomic mass is 10.1. The number of aromatic nitrogens is 3. The van der Waals surface area contributed by atoms with Crippen molar-refractivity contribution in [2.45, 2.75) is 31.8 Å². The minimum absolute atomic E-state index is 0.0811. The first-order valence-corrected chi connectivity index (χ1v) is 8.49. The largest absolute Gasteiger partial charge is 0.330 e. The van der Waals surface area contributed by atoms with Gasteiger partial charge in [-0.2, -0.15) is 0 Å². The van der Waals surface area contributed by atoms with Crippen molar-refractivity contribution in [3.05, 3.63) is 53.3 Å². The number of nitrogens with one attached hydrogen (secondary N) is 1. The van der Waals surface area contributed by atoms with Crippen molar-refractivity contribution in [3.63, 3.8) is 0 Å². The van der Waals surface area contributed by atoms with Crippen LogP contribution < -0.4 is 5.32 Å². The minimum Gasteiger partial charge on any atom is -0.330 e. The van der Waals surface area contributed by atoms with Crippen LogP contribution in [-0.2, 0) is 6.54 Å². The summed E-state index contributed by atoms with van der Waals surface area (Å²) in [4.78, 5) is 27.2.